The zero-order chi connectivity index (χ0) is 15.7. The van der Waals surface area contributed by atoms with Gasteiger partial charge in [0.05, 0.1) is 0 Å². The molecule has 1 aliphatic rings. The van der Waals surface area contributed by atoms with Gasteiger partial charge in [0.15, 0.2) is 5.78 Å². The molecule has 1 fully saturated rings. The van der Waals surface area contributed by atoms with Gasteiger partial charge in [0.1, 0.15) is 10.0 Å². The number of carbonyl (C=O) groups excluding carboxylic acids is 1. The first kappa shape index (κ1) is 15.3. The number of rotatable bonds is 4. The summed E-state index contributed by atoms with van der Waals surface area (Å²) in [5, 5.41) is 1.71. The molecule has 1 atom stereocenters. The summed E-state index contributed by atoms with van der Waals surface area (Å²) in [6.45, 7) is 0.508. The first-order valence-electron chi connectivity index (χ1n) is 6.82. The summed E-state index contributed by atoms with van der Waals surface area (Å²) in [6, 6.07) is 8.61. The van der Waals surface area contributed by atoms with Crippen LogP contribution in [0.15, 0.2) is 46.0 Å². The second-order valence-electron chi connectivity index (χ2n) is 5.15. The minimum atomic E-state index is -3.51. The number of Topliss-reactive ketones (excluding diaryl/α,β-unsaturated/α-hetero) is 1. The van der Waals surface area contributed by atoms with E-state index in [0.717, 1.165) is 0 Å². The van der Waals surface area contributed by atoms with Crippen LogP contribution in [0.1, 0.15) is 16.8 Å². The van der Waals surface area contributed by atoms with E-state index >= 15 is 0 Å². The maximum absolute atomic E-state index is 12.9. The summed E-state index contributed by atoms with van der Waals surface area (Å²) >= 11 is 1.17. The van der Waals surface area contributed by atoms with Crippen molar-refractivity contribution in [2.45, 2.75) is 10.6 Å². The van der Waals surface area contributed by atoms with Crippen molar-refractivity contribution in [3.05, 3.63) is 53.2 Å². The molecule has 1 aliphatic heterocycles. The predicted molar refractivity (Wildman–Crippen MR) is 81.9 cm³/mol. The van der Waals surface area contributed by atoms with Gasteiger partial charge in [-0.3, -0.25) is 4.79 Å². The molecule has 0 spiro atoms. The van der Waals surface area contributed by atoms with Crippen molar-refractivity contribution < 1.29 is 17.6 Å². The second-order valence-corrected chi connectivity index (χ2v) is 8.26. The molecule has 7 heteroatoms. The molecule has 2 heterocycles. The topological polar surface area (TPSA) is 54.5 Å². The minimum Gasteiger partial charge on any atom is -0.294 e. The van der Waals surface area contributed by atoms with E-state index in [0.29, 0.717) is 22.7 Å². The molecule has 0 aliphatic carbocycles. The molecule has 22 heavy (non-hydrogen) atoms. The van der Waals surface area contributed by atoms with Gasteiger partial charge in [0.2, 0.25) is 0 Å². The van der Waals surface area contributed by atoms with Gasteiger partial charge in [-0.15, -0.1) is 11.3 Å². The maximum Gasteiger partial charge on any atom is 0.252 e. The third-order valence-corrected chi connectivity index (χ3v) is 6.98. The smallest absolute Gasteiger partial charge is 0.252 e. The highest BCUT2D eigenvalue weighted by Crippen LogP contribution is 2.28. The summed E-state index contributed by atoms with van der Waals surface area (Å²) in [4.78, 5) is 12.4. The first-order chi connectivity index (χ1) is 10.5. The molecule has 0 bridgehead atoms. The Morgan fingerprint density at radius 1 is 1.23 bits per heavy atom. The number of hydrogen-bond acceptors (Lipinski definition) is 4. The molecule has 0 unspecified atom stereocenters. The molecular weight excluding hydrogens is 325 g/mol. The standard InChI is InChI=1S/C15H14FNO3S2/c16-13-5-3-11(4-6-13)15(18)12-7-8-17(10-12)22(19,20)14-2-1-9-21-14/h1-6,9,12H,7-8,10H2/t12-/m0/s1. The van der Waals surface area contributed by atoms with Gasteiger partial charge in [0.25, 0.3) is 10.0 Å². The Morgan fingerprint density at radius 3 is 2.59 bits per heavy atom. The SMILES string of the molecule is O=C(c1ccc(F)cc1)[C@H]1CCN(S(=O)(=O)c2cccs2)C1. The molecule has 4 nitrogen and oxygen atoms in total. The lowest BCUT2D eigenvalue weighted by molar-refractivity contribution is 0.0927. The van der Waals surface area contributed by atoms with Gasteiger partial charge in [-0.25, -0.2) is 12.8 Å². The largest absolute Gasteiger partial charge is 0.294 e. The summed E-state index contributed by atoms with van der Waals surface area (Å²) in [7, 11) is -3.51. The molecule has 0 saturated carbocycles. The average Bonchev–Trinajstić information content (AvgIpc) is 3.19. The molecule has 0 amide bonds. The first-order valence-corrected chi connectivity index (χ1v) is 9.14. The van der Waals surface area contributed by atoms with Gasteiger partial charge >= 0.3 is 0 Å². The third kappa shape index (κ3) is 2.84. The van der Waals surface area contributed by atoms with E-state index in [9.17, 15) is 17.6 Å². The van der Waals surface area contributed by atoms with Crippen molar-refractivity contribution in [1.82, 2.24) is 4.31 Å². The van der Waals surface area contributed by atoms with E-state index in [-0.39, 0.29) is 18.2 Å². The van der Waals surface area contributed by atoms with Gasteiger partial charge in [-0.1, -0.05) is 6.07 Å². The van der Waals surface area contributed by atoms with Crippen LogP contribution < -0.4 is 0 Å². The van der Waals surface area contributed by atoms with Crippen molar-refractivity contribution in [1.29, 1.82) is 0 Å². The van der Waals surface area contributed by atoms with E-state index < -0.39 is 15.8 Å². The van der Waals surface area contributed by atoms with E-state index in [2.05, 4.69) is 0 Å². The summed E-state index contributed by atoms with van der Waals surface area (Å²) < 4.78 is 39.4. The highest BCUT2D eigenvalue weighted by Gasteiger charge is 2.36. The molecular formula is C15H14FNO3S2. The van der Waals surface area contributed by atoms with Crippen LogP contribution in [0.4, 0.5) is 4.39 Å². The van der Waals surface area contributed by atoms with E-state index in [1.807, 2.05) is 0 Å². The average molecular weight is 339 g/mol. The van der Waals surface area contributed by atoms with E-state index in [1.54, 1.807) is 17.5 Å². The lowest BCUT2D eigenvalue weighted by Crippen LogP contribution is -2.29. The Morgan fingerprint density at radius 2 is 1.95 bits per heavy atom. The number of thiophene rings is 1. The Kier molecular flexibility index (Phi) is 4.12. The monoisotopic (exact) mass is 339 g/mol. The summed E-state index contributed by atoms with van der Waals surface area (Å²) in [5.41, 5.74) is 0.418. The zero-order valence-corrected chi connectivity index (χ0v) is 13.2. The fourth-order valence-electron chi connectivity index (χ4n) is 2.55. The lowest BCUT2D eigenvalue weighted by Gasteiger charge is -2.15. The Hall–Kier alpha value is -1.57. The van der Waals surface area contributed by atoms with Gasteiger partial charge < -0.3 is 0 Å². The molecule has 1 aromatic carbocycles. The van der Waals surface area contributed by atoms with Crippen molar-refractivity contribution >= 4 is 27.1 Å². The number of halogens is 1. The van der Waals surface area contributed by atoms with Crippen molar-refractivity contribution in [3.8, 4) is 0 Å². The number of sulfonamides is 1. The van der Waals surface area contributed by atoms with Crippen molar-refractivity contribution in [2.75, 3.05) is 13.1 Å². The van der Waals surface area contributed by atoms with Crippen LogP contribution in [0.2, 0.25) is 0 Å². The number of hydrogen-bond donors (Lipinski definition) is 0. The van der Waals surface area contributed by atoms with Crippen LogP contribution in [-0.4, -0.2) is 31.6 Å². The van der Waals surface area contributed by atoms with Gasteiger partial charge in [0, 0.05) is 24.6 Å². The predicted octanol–water partition coefficient (Wildman–Crippen LogP) is 2.78. The lowest BCUT2D eigenvalue weighted by atomic mass is 9.97. The molecule has 1 aromatic heterocycles. The summed E-state index contributed by atoms with van der Waals surface area (Å²) in [5.74, 6) is -0.908. The molecule has 0 radical (unpaired) electrons. The fraction of sp³-hybridized carbons (Fsp3) is 0.267. The van der Waals surface area contributed by atoms with Crippen molar-refractivity contribution in [2.24, 2.45) is 5.92 Å². The van der Waals surface area contributed by atoms with Crippen LogP contribution in [0.3, 0.4) is 0 Å². The second kappa shape index (κ2) is 5.91. The fourth-order valence-corrected chi connectivity index (χ4v) is 5.19. The number of benzene rings is 1. The van der Waals surface area contributed by atoms with E-state index in [4.69, 9.17) is 0 Å². The van der Waals surface area contributed by atoms with Crippen LogP contribution in [-0.2, 0) is 10.0 Å². The Bertz CT molecular complexity index is 770. The Labute approximate surface area is 132 Å². The Balaban J connectivity index is 1.75. The highest BCUT2D eigenvalue weighted by molar-refractivity contribution is 7.91. The third-order valence-electron chi connectivity index (χ3n) is 3.74. The van der Waals surface area contributed by atoms with Gasteiger partial charge in [-0.2, -0.15) is 4.31 Å². The van der Waals surface area contributed by atoms with Crippen LogP contribution in [0.25, 0.3) is 0 Å². The van der Waals surface area contributed by atoms with Gasteiger partial charge in [-0.05, 0) is 42.1 Å². The number of ketones is 1. The summed E-state index contributed by atoms with van der Waals surface area (Å²) in [6.07, 6.45) is 0.487. The van der Waals surface area contributed by atoms with Crippen LogP contribution in [0, 0.1) is 11.7 Å². The number of nitrogens with zero attached hydrogens (tertiary/aromatic N) is 1. The quantitative estimate of drug-likeness (QED) is 0.805. The number of carbonyl (C=O) groups is 1. The molecule has 3 rings (SSSR count). The maximum atomic E-state index is 12.9. The van der Waals surface area contributed by atoms with Crippen LogP contribution in [0.5, 0.6) is 0 Å². The molecule has 1 saturated heterocycles. The molecule has 0 N–H and O–H groups in total. The minimum absolute atomic E-state index is 0.135. The van der Waals surface area contributed by atoms with Crippen LogP contribution >= 0.6 is 11.3 Å². The van der Waals surface area contributed by atoms with Crippen molar-refractivity contribution in [3.63, 3.8) is 0 Å². The zero-order valence-electron chi connectivity index (χ0n) is 11.6. The molecule has 2 aromatic rings. The highest BCUT2D eigenvalue weighted by atomic mass is 32.2. The van der Waals surface area contributed by atoms with E-state index in [1.165, 1.54) is 39.9 Å². The normalized spacial score (nSPS) is 19.4. The molecule has 116 valence electrons.